The highest BCUT2D eigenvalue weighted by molar-refractivity contribution is 5.90. The van der Waals surface area contributed by atoms with E-state index in [1.165, 1.54) is 39.5 Å². The summed E-state index contributed by atoms with van der Waals surface area (Å²) in [5, 5.41) is 0. The Morgan fingerprint density at radius 3 is 2.21 bits per heavy atom. The zero-order chi connectivity index (χ0) is 23.8. The van der Waals surface area contributed by atoms with E-state index in [1.807, 2.05) is 4.90 Å². The van der Waals surface area contributed by atoms with Crippen LogP contribution in [0, 0.1) is 5.82 Å². The Hall–Kier alpha value is -3.75. The fraction of sp³-hybridized carbons (Fsp3) is 0.333. The van der Waals surface area contributed by atoms with Gasteiger partial charge in [0.1, 0.15) is 11.6 Å². The number of rotatable bonds is 8. The lowest BCUT2D eigenvalue weighted by Crippen LogP contribution is -2.50. The third kappa shape index (κ3) is 5.94. The number of benzene rings is 2. The molecule has 0 saturated carbocycles. The molecule has 8 nitrogen and oxygen atoms in total. The molecule has 0 bridgehead atoms. The summed E-state index contributed by atoms with van der Waals surface area (Å²) >= 11 is 0. The molecule has 0 atom stereocenters. The Bertz CT molecular complexity index is 1020. The zero-order valence-electron chi connectivity index (χ0n) is 18.9. The molecule has 33 heavy (non-hydrogen) atoms. The molecule has 0 N–H and O–H groups in total. The molecule has 2 aromatic rings. The van der Waals surface area contributed by atoms with E-state index in [-0.39, 0.29) is 18.3 Å². The van der Waals surface area contributed by atoms with Crippen molar-refractivity contribution < 1.29 is 32.9 Å². The first kappa shape index (κ1) is 23.9. The molecule has 9 heteroatoms. The quantitative estimate of drug-likeness (QED) is 0.445. The average Bonchev–Trinajstić information content (AvgIpc) is 2.85. The van der Waals surface area contributed by atoms with E-state index >= 15 is 0 Å². The maximum atomic E-state index is 14.0. The van der Waals surface area contributed by atoms with Gasteiger partial charge >= 0.3 is 5.97 Å². The second kappa shape index (κ2) is 11.2. The third-order valence-electron chi connectivity index (χ3n) is 5.30. The molecular formula is C24H27FN2O6. The fourth-order valence-corrected chi connectivity index (χ4v) is 3.52. The van der Waals surface area contributed by atoms with E-state index in [0.29, 0.717) is 54.7 Å². The van der Waals surface area contributed by atoms with Crippen molar-refractivity contribution in [3.05, 3.63) is 53.9 Å². The van der Waals surface area contributed by atoms with Crippen LogP contribution >= 0.6 is 0 Å². The maximum absolute atomic E-state index is 14.0. The Morgan fingerprint density at radius 2 is 1.58 bits per heavy atom. The Balaban J connectivity index is 1.52. The molecule has 0 aromatic heterocycles. The molecule has 0 radical (unpaired) electrons. The first-order valence-corrected chi connectivity index (χ1v) is 10.4. The first-order chi connectivity index (χ1) is 16.0. The molecule has 2 aromatic carbocycles. The lowest BCUT2D eigenvalue weighted by atomic mass is 10.1. The topological polar surface area (TPSA) is 77.5 Å². The number of nitrogens with zero attached hydrogens (tertiary/aromatic N) is 2. The number of esters is 1. The smallest absolute Gasteiger partial charge is 0.331 e. The molecule has 1 amide bonds. The number of ether oxygens (including phenoxy) is 4. The van der Waals surface area contributed by atoms with Crippen LogP contribution in [0.25, 0.3) is 6.08 Å². The highest BCUT2D eigenvalue weighted by atomic mass is 19.1. The molecular weight excluding hydrogens is 431 g/mol. The monoisotopic (exact) mass is 458 g/mol. The van der Waals surface area contributed by atoms with Gasteiger partial charge in [-0.05, 0) is 24.3 Å². The summed E-state index contributed by atoms with van der Waals surface area (Å²) in [5.41, 5.74) is 1.11. The standard InChI is InChI=1S/C24H27FN2O6/c1-30-20-15-22(32-3)21(31-2)14-17(20)8-9-24(29)33-16-23(28)27-12-10-26(11-13-27)19-7-5-4-6-18(19)25/h4-9,14-15H,10-13,16H2,1-3H3/b9-8+. The van der Waals surface area contributed by atoms with Crippen LogP contribution in [-0.2, 0) is 14.3 Å². The van der Waals surface area contributed by atoms with E-state index in [4.69, 9.17) is 18.9 Å². The predicted molar refractivity (Wildman–Crippen MR) is 121 cm³/mol. The van der Waals surface area contributed by atoms with Crippen molar-refractivity contribution >= 4 is 23.6 Å². The Kier molecular flexibility index (Phi) is 8.12. The van der Waals surface area contributed by atoms with E-state index in [9.17, 15) is 14.0 Å². The van der Waals surface area contributed by atoms with Gasteiger partial charge in [0, 0.05) is 43.9 Å². The third-order valence-corrected chi connectivity index (χ3v) is 5.30. The molecule has 1 fully saturated rings. The van der Waals surface area contributed by atoms with Gasteiger partial charge in [-0.1, -0.05) is 12.1 Å². The average molecular weight is 458 g/mol. The summed E-state index contributed by atoms with van der Waals surface area (Å²) in [6, 6.07) is 9.87. The van der Waals surface area contributed by atoms with Gasteiger partial charge in [-0.3, -0.25) is 4.79 Å². The number of methoxy groups -OCH3 is 3. The van der Waals surface area contributed by atoms with Crippen molar-refractivity contribution in [3.63, 3.8) is 0 Å². The van der Waals surface area contributed by atoms with Crippen LogP contribution in [0.4, 0.5) is 10.1 Å². The number of carbonyl (C=O) groups is 2. The summed E-state index contributed by atoms with van der Waals surface area (Å²) in [6.45, 7) is 1.47. The van der Waals surface area contributed by atoms with Gasteiger partial charge in [0.2, 0.25) is 0 Å². The van der Waals surface area contributed by atoms with Crippen LogP contribution in [0.15, 0.2) is 42.5 Å². The van der Waals surface area contributed by atoms with Gasteiger partial charge in [0.15, 0.2) is 18.1 Å². The number of para-hydroxylation sites is 1. The fourth-order valence-electron chi connectivity index (χ4n) is 3.52. The summed E-state index contributed by atoms with van der Waals surface area (Å²) in [5.74, 6) is 0.217. The van der Waals surface area contributed by atoms with Crippen LogP contribution in [0.3, 0.4) is 0 Å². The summed E-state index contributed by atoms with van der Waals surface area (Å²) < 4.78 is 34.9. The zero-order valence-corrected chi connectivity index (χ0v) is 18.9. The van der Waals surface area contributed by atoms with Crippen LogP contribution in [0.5, 0.6) is 17.2 Å². The summed E-state index contributed by atoms with van der Waals surface area (Å²) in [7, 11) is 4.52. The number of anilines is 1. The number of hydrogen-bond donors (Lipinski definition) is 0. The second-order valence-electron chi connectivity index (χ2n) is 7.21. The highest BCUT2D eigenvalue weighted by Gasteiger charge is 2.23. The van der Waals surface area contributed by atoms with Gasteiger partial charge < -0.3 is 28.7 Å². The van der Waals surface area contributed by atoms with Crippen LogP contribution in [0.1, 0.15) is 5.56 Å². The molecule has 0 aliphatic carbocycles. The number of carbonyl (C=O) groups excluding carboxylic acids is 2. The largest absolute Gasteiger partial charge is 0.496 e. The first-order valence-electron chi connectivity index (χ1n) is 10.4. The number of hydrogen-bond acceptors (Lipinski definition) is 7. The summed E-state index contributed by atoms with van der Waals surface area (Å²) in [4.78, 5) is 28.0. The van der Waals surface area contributed by atoms with Crippen LogP contribution in [-0.4, -0.2) is 70.9 Å². The molecule has 1 saturated heterocycles. The van der Waals surface area contributed by atoms with E-state index in [1.54, 1.807) is 35.2 Å². The minimum absolute atomic E-state index is 0.288. The maximum Gasteiger partial charge on any atom is 0.331 e. The molecule has 3 rings (SSSR count). The van der Waals surface area contributed by atoms with Gasteiger partial charge in [-0.25, -0.2) is 9.18 Å². The van der Waals surface area contributed by atoms with Gasteiger partial charge in [-0.2, -0.15) is 0 Å². The van der Waals surface area contributed by atoms with E-state index in [0.717, 1.165) is 0 Å². The Labute approximate surface area is 192 Å². The van der Waals surface area contributed by atoms with Crippen molar-refractivity contribution in [2.75, 3.05) is 59.0 Å². The molecule has 0 unspecified atom stereocenters. The van der Waals surface area contributed by atoms with Crippen molar-refractivity contribution in [2.24, 2.45) is 0 Å². The van der Waals surface area contributed by atoms with Crippen LogP contribution in [0.2, 0.25) is 0 Å². The predicted octanol–water partition coefficient (Wildman–Crippen LogP) is 2.76. The number of halogens is 1. The minimum Gasteiger partial charge on any atom is -0.496 e. The van der Waals surface area contributed by atoms with Crippen molar-refractivity contribution in [2.45, 2.75) is 0 Å². The van der Waals surface area contributed by atoms with Crippen molar-refractivity contribution in [1.82, 2.24) is 4.90 Å². The van der Waals surface area contributed by atoms with Gasteiger partial charge in [-0.15, -0.1) is 0 Å². The molecule has 1 aliphatic heterocycles. The second-order valence-corrected chi connectivity index (χ2v) is 7.21. The van der Waals surface area contributed by atoms with Crippen molar-refractivity contribution in [3.8, 4) is 17.2 Å². The van der Waals surface area contributed by atoms with E-state index < -0.39 is 5.97 Å². The normalized spacial score (nSPS) is 13.7. The lowest BCUT2D eigenvalue weighted by Gasteiger charge is -2.36. The number of piperazine rings is 1. The summed E-state index contributed by atoms with van der Waals surface area (Å²) in [6.07, 6.45) is 2.73. The lowest BCUT2D eigenvalue weighted by molar-refractivity contribution is -0.148. The molecule has 0 spiro atoms. The SMILES string of the molecule is COc1cc(OC)c(OC)cc1/C=C/C(=O)OCC(=O)N1CCN(c2ccccc2F)CC1. The minimum atomic E-state index is -0.662. The van der Waals surface area contributed by atoms with Gasteiger partial charge in [0.25, 0.3) is 5.91 Å². The molecule has 176 valence electrons. The highest BCUT2D eigenvalue weighted by Crippen LogP contribution is 2.35. The van der Waals surface area contributed by atoms with E-state index in [2.05, 4.69) is 0 Å². The van der Waals surface area contributed by atoms with Crippen LogP contribution < -0.4 is 19.1 Å². The molecule has 1 aliphatic rings. The molecule has 1 heterocycles. The Morgan fingerprint density at radius 1 is 0.939 bits per heavy atom. The van der Waals surface area contributed by atoms with Gasteiger partial charge in [0.05, 0.1) is 27.0 Å². The number of amides is 1. The van der Waals surface area contributed by atoms with Crippen molar-refractivity contribution in [1.29, 1.82) is 0 Å².